The number of amides is 1. The Morgan fingerprint density at radius 1 is 1.33 bits per heavy atom. The number of nitrogens with one attached hydrogen (secondary N) is 2. The molecule has 8 heteroatoms. The minimum absolute atomic E-state index is 0.00841. The van der Waals surface area contributed by atoms with Gasteiger partial charge in [0.05, 0.1) is 11.5 Å². The van der Waals surface area contributed by atoms with Crippen LogP contribution in [0.1, 0.15) is 13.3 Å². The van der Waals surface area contributed by atoms with E-state index in [9.17, 15) is 17.6 Å². The van der Waals surface area contributed by atoms with Crippen LogP contribution in [0.2, 0.25) is 0 Å². The van der Waals surface area contributed by atoms with Crippen LogP contribution in [0.5, 0.6) is 0 Å². The van der Waals surface area contributed by atoms with Crippen LogP contribution < -0.4 is 10.0 Å². The van der Waals surface area contributed by atoms with Crippen LogP contribution in [0.25, 0.3) is 0 Å². The first kappa shape index (κ1) is 17.5. The fourth-order valence-corrected chi connectivity index (χ4v) is 2.67. The van der Waals surface area contributed by atoms with E-state index in [4.69, 9.17) is 4.74 Å². The average molecular weight is 318 g/mol. The third-order valence-corrected chi connectivity index (χ3v) is 4.07. The SMILES string of the molecule is COCC(C)NC(=O)CCNS(=O)(=O)c1ccc(F)cc1. The van der Waals surface area contributed by atoms with Crippen LogP contribution in [-0.4, -0.2) is 40.6 Å². The Labute approximate surface area is 123 Å². The highest BCUT2D eigenvalue weighted by Crippen LogP contribution is 2.09. The number of sulfonamides is 1. The predicted octanol–water partition coefficient (Wildman–Crippen LogP) is 0.645. The fourth-order valence-electron chi connectivity index (χ4n) is 1.63. The van der Waals surface area contributed by atoms with Crippen molar-refractivity contribution < 1.29 is 22.3 Å². The molecule has 0 aliphatic heterocycles. The number of ether oxygens (including phenoxy) is 1. The van der Waals surface area contributed by atoms with E-state index >= 15 is 0 Å². The van der Waals surface area contributed by atoms with E-state index in [2.05, 4.69) is 10.0 Å². The third kappa shape index (κ3) is 6.19. The van der Waals surface area contributed by atoms with Gasteiger partial charge in [-0.3, -0.25) is 4.79 Å². The van der Waals surface area contributed by atoms with Crippen LogP contribution in [0.15, 0.2) is 29.2 Å². The van der Waals surface area contributed by atoms with Crippen LogP contribution in [0.3, 0.4) is 0 Å². The normalized spacial score (nSPS) is 12.9. The third-order valence-electron chi connectivity index (χ3n) is 2.59. The van der Waals surface area contributed by atoms with Gasteiger partial charge < -0.3 is 10.1 Å². The molecular weight excluding hydrogens is 299 g/mol. The van der Waals surface area contributed by atoms with Crippen LogP contribution in [-0.2, 0) is 19.6 Å². The maximum atomic E-state index is 12.7. The number of methoxy groups -OCH3 is 1. The van der Waals surface area contributed by atoms with E-state index in [-0.39, 0.29) is 29.8 Å². The van der Waals surface area contributed by atoms with Gasteiger partial charge in [0.2, 0.25) is 15.9 Å². The quantitative estimate of drug-likeness (QED) is 0.737. The Kier molecular flexibility index (Phi) is 6.73. The van der Waals surface area contributed by atoms with E-state index in [1.807, 2.05) is 0 Å². The lowest BCUT2D eigenvalue weighted by Gasteiger charge is -2.12. The first-order chi connectivity index (χ1) is 9.85. The van der Waals surface area contributed by atoms with Gasteiger partial charge in [0.1, 0.15) is 5.82 Å². The van der Waals surface area contributed by atoms with Gasteiger partial charge in [0.15, 0.2) is 0 Å². The van der Waals surface area contributed by atoms with Crippen molar-refractivity contribution in [3.8, 4) is 0 Å². The molecule has 1 rings (SSSR count). The number of carbonyl (C=O) groups excluding carboxylic acids is 1. The highest BCUT2D eigenvalue weighted by atomic mass is 32.2. The second-order valence-electron chi connectivity index (χ2n) is 4.53. The lowest BCUT2D eigenvalue weighted by Crippen LogP contribution is -2.37. The van der Waals surface area contributed by atoms with E-state index in [1.165, 1.54) is 19.2 Å². The molecule has 1 aromatic rings. The van der Waals surface area contributed by atoms with Crippen LogP contribution >= 0.6 is 0 Å². The van der Waals surface area contributed by atoms with Crippen molar-refractivity contribution in [1.29, 1.82) is 0 Å². The molecule has 1 unspecified atom stereocenters. The number of carbonyl (C=O) groups is 1. The largest absolute Gasteiger partial charge is 0.383 e. The average Bonchev–Trinajstić information content (AvgIpc) is 2.39. The van der Waals surface area contributed by atoms with E-state index in [0.717, 1.165) is 12.1 Å². The Hall–Kier alpha value is -1.51. The second-order valence-corrected chi connectivity index (χ2v) is 6.29. The number of rotatable bonds is 8. The molecule has 1 amide bonds. The summed E-state index contributed by atoms with van der Waals surface area (Å²) < 4.78 is 43.6. The first-order valence-corrected chi connectivity index (χ1v) is 7.87. The van der Waals surface area contributed by atoms with Crippen LogP contribution in [0, 0.1) is 5.82 Å². The molecule has 6 nitrogen and oxygen atoms in total. The lowest BCUT2D eigenvalue weighted by atomic mass is 10.3. The van der Waals surface area contributed by atoms with Crippen molar-refractivity contribution in [2.24, 2.45) is 0 Å². The van der Waals surface area contributed by atoms with Gasteiger partial charge in [0, 0.05) is 26.1 Å². The molecule has 0 heterocycles. The van der Waals surface area contributed by atoms with Gasteiger partial charge in [-0.15, -0.1) is 0 Å². The summed E-state index contributed by atoms with van der Waals surface area (Å²) in [5.74, 6) is -0.790. The van der Waals surface area contributed by atoms with Gasteiger partial charge in [-0.2, -0.15) is 0 Å². The molecule has 0 saturated carbocycles. The molecule has 118 valence electrons. The van der Waals surface area contributed by atoms with Gasteiger partial charge in [-0.1, -0.05) is 0 Å². The van der Waals surface area contributed by atoms with Crippen molar-refractivity contribution in [3.63, 3.8) is 0 Å². The summed E-state index contributed by atoms with van der Waals surface area (Å²) in [6.07, 6.45) is 0.00841. The van der Waals surface area contributed by atoms with Crippen molar-refractivity contribution in [2.45, 2.75) is 24.3 Å². The molecule has 1 aromatic carbocycles. The topological polar surface area (TPSA) is 84.5 Å². The standard InChI is InChI=1S/C13H19FN2O4S/c1-10(9-20-2)16-13(17)7-8-15-21(18,19)12-5-3-11(14)4-6-12/h3-6,10,15H,7-9H2,1-2H3,(H,16,17). The molecule has 0 spiro atoms. The van der Waals surface area contributed by atoms with Gasteiger partial charge in [-0.05, 0) is 31.2 Å². The molecular formula is C13H19FN2O4S. The van der Waals surface area contributed by atoms with Gasteiger partial charge >= 0.3 is 0 Å². The number of benzene rings is 1. The van der Waals surface area contributed by atoms with Crippen molar-refractivity contribution in [1.82, 2.24) is 10.0 Å². The monoisotopic (exact) mass is 318 g/mol. The predicted molar refractivity (Wildman–Crippen MR) is 75.7 cm³/mol. The zero-order valence-electron chi connectivity index (χ0n) is 11.9. The minimum atomic E-state index is -3.73. The van der Waals surface area contributed by atoms with Crippen molar-refractivity contribution >= 4 is 15.9 Å². The molecule has 0 aliphatic carbocycles. The molecule has 21 heavy (non-hydrogen) atoms. The molecule has 0 fully saturated rings. The molecule has 0 radical (unpaired) electrons. The number of halogens is 1. The Morgan fingerprint density at radius 3 is 2.52 bits per heavy atom. The Morgan fingerprint density at radius 2 is 1.95 bits per heavy atom. The minimum Gasteiger partial charge on any atom is -0.383 e. The Bertz CT molecular complexity index is 560. The van der Waals surface area contributed by atoms with Crippen LogP contribution in [0.4, 0.5) is 4.39 Å². The molecule has 0 saturated heterocycles. The van der Waals surface area contributed by atoms with Gasteiger partial charge in [-0.25, -0.2) is 17.5 Å². The van der Waals surface area contributed by atoms with Crippen molar-refractivity contribution in [3.05, 3.63) is 30.1 Å². The summed E-state index contributed by atoms with van der Waals surface area (Å²) in [7, 11) is -2.21. The van der Waals surface area contributed by atoms with Crippen molar-refractivity contribution in [2.75, 3.05) is 20.3 Å². The van der Waals surface area contributed by atoms with E-state index < -0.39 is 15.8 Å². The number of hydrogen-bond donors (Lipinski definition) is 2. The first-order valence-electron chi connectivity index (χ1n) is 6.38. The highest BCUT2D eigenvalue weighted by molar-refractivity contribution is 7.89. The highest BCUT2D eigenvalue weighted by Gasteiger charge is 2.14. The zero-order valence-corrected chi connectivity index (χ0v) is 12.7. The molecule has 0 bridgehead atoms. The number of hydrogen-bond acceptors (Lipinski definition) is 4. The maximum absolute atomic E-state index is 12.7. The van der Waals surface area contributed by atoms with E-state index in [0.29, 0.717) is 6.61 Å². The molecule has 1 atom stereocenters. The second kappa shape index (κ2) is 8.06. The fraction of sp³-hybridized carbons (Fsp3) is 0.462. The Balaban J connectivity index is 2.44. The smallest absolute Gasteiger partial charge is 0.240 e. The zero-order chi connectivity index (χ0) is 15.9. The lowest BCUT2D eigenvalue weighted by molar-refractivity contribution is -0.121. The molecule has 0 aromatic heterocycles. The summed E-state index contributed by atoms with van der Waals surface area (Å²) >= 11 is 0. The van der Waals surface area contributed by atoms with E-state index in [1.54, 1.807) is 6.92 Å². The summed E-state index contributed by atoms with van der Waals surface area (Å²) in [5, 5.41) is 2.67. The van der Waals surface area contributed by atoms with Gasteiger partial charge in [0.25, 0.3) is 0 Å². The summed E-state index contributed by atoms with van der Waals surface area (Å²) in [4.78, 5) is 11.5. The molecule has 2 N–H and O–H groups in total. The molecule has 0 aliphatic rings. The summed E-state index contributed by atoms with van der Waals surface area (Å²) in [5.41, 5.74) is 0. The summed E-state index contributed by atoms with van der Waals surface area (Å²) in [6.45, 7) is 2.13. The maximum Gasteiger partial charge on any atom is 0.240 e. The summed E-state index contributed by atoms with van der Waals surface area (Å²) in [6, 6.07) is 4.31.